The highest BCUT2D eigenvalue weighted by Crippen LogP contribution is 2.26. The minimum atomic E-state index is -4.29. The Morgan fingerprint density at radius 1 is 0.841 bits per heavy atom. The molecule has 0 bridgehead atoms. The number of sulfonamides is 1. The highest BCUT2D eigenvalue weighted by atomic mass is 32.2. The number of hydrogen-bond acceptors (Lipinski definition) is 4. The maximum atomic E-state index is 14.4. The standard InChI is InChI=1S/C35H38FN3O4S/c1-4-22-37-35(41)33(23-28-11-6-5-7-12-28)38(24-29-13-9-8-10-27(29)3)34(40)25-39(31-18-14-26(2)15-19-31)44(42,43)32-20-16-30(36)17-21-32/h5-21,33H,4,22-25H2,1-3H3,(H,37,41)/t33-/m1/s1. The van der Waals surface area contributed by atoms with Crippen LogP contribution in [0.5, 0.6) is 0 Å². The summed E-state index contributed by atoms with van der Waals surface area (Å²) in [5, 5.41) is 2.94. The predicted octanol–water partition coefficient (Wildman–Crippen LogP) is 5.80. The molecule has 0 unspecified atom stereocenters. The number of nitrogens with one attached hydrogen (secondary N) is 1. The Balaban J connectivity index is 1.80. The molecule has 0 fully saturated rings. The Morgan fingerprint density at radius 3 is 2.11 bits per heavy atom. The van der Waals surface area contributed by atoms with Crippen molar-refractivity contribution < 1.29 is 22.4 Å². The maximum absolute atomic E-state index is 14.4. The third-order valence-electron chi connectivity index (χ3n) is 7.42. The Kier molecular flexibility index (Phi) is 10.9. The van der Waals surface area contributed by atoms with Gasteiger partial charge in [0, 0.05) is 19.5 Å². The van der Waals surface area contributed by atoms with Crippen LogP contribution in [0.25, 0.3) is 0 Å². The zero-order valence-corrected chi connectivity index (χ0v) is 26.1. The van der Waals surface area contributed by atoms with Crippen LogP contribution in [0.2, 0.25) is 0 Å². The van der Waals surface area contributed by atoms with Crippen molar-refractivity contribution in [1.82, 2.24) is 10.2 Å². The van der Waals surface area contributed by atoms with E-state index in [4.69, 9.17) is 0 Å². The molecule has 0 saturated carbocycles. The fourth-order valence-corrected chi connectivity index (χ4v) is 6.28. The lowest BCUT2D eigenvalue weighted by atomic mass is 10.0. The molecule has 0 aliphatic carbocycles. The number of nitrogens with zero attached hydrogens (tertiary/aromatic N) is 2. The molecule has 230 valence electrons. The van der Waals surface area contributed by atoms with Crippen LogP contribution in [-0.4, -0.2) is 44.3 Å². The molecule has 0 aliphatic heterocycles. The summed E-state index contributed by atoms with van der Waals surface area (Å²) in [6.07, 6.45) is 0.954. The van der Waals surface area contributed by atoms with E-state index in [1.807, 2.05) is 75.4 Å². The van der Waals surface area contributed by atoms with Gasteiger partial charge in [-0.2, -0.15) is 0 Å². The van der Waals surface area contributed by atoms with Crippen LogP contribution < -0.4 is 9.62 Å². The molecule has 1 atom stereocenters. The van der Waals surface area contributed by atoms with Crippen LogP contribution in [0.3, 0.4) is 0 Å². The summed E-state index contributed by atoms with van der Waals surface area (Å²) in [6, 6.07) is 27.4. The lowest BCUT2D eigenvalue weighted by Gasteiger charge is -2.34. The first-order chi connectivity index (χ1) is 21.1. The highest BCUT2D eigenvalue weighted by molar-refractivity contribution is 7.92. The van der Waals surface area contributed by atoms with Crippen LogP contribution >= 0.6 is 0 Å². The summed E-state index contributed by atoms with van der Waals surface area (Å²) < 4.78 is 42.7. The minimum absolute atomic E-state index is 0.0981. The van der Waals surface area contributed by atoms with Gasteiger partial charge in [-0.1, -0.05) is 79.2 Å². The van der Waals surface area contributed by atoms with Crippen molar-refractivity contribution in [2.45, 2.75) is 51.1 Å². The number of carbonyl (C=O) groups excluding carboxylic acids is 2. The van der Waals surface area contributed by atoms with Gasteiger partial charge in [0.05, 0.1) is 10.6 Å². The van der Waals surface area contributed by atoms with Gasteiger partial charge in [0.1, 0.15) is 18.4 Å². The largest absolute Gasteiger partial charge is 0.354 e. The van der Waals surface area contributed by atoms with Crippen molar-refractivity contribution in [3.8, 4) is 0 Å². The number of carbonyl (C=O) groups is 2. The summed E-state index contributed by atoms with van der Waals surface area (Å²) in [5.74, 6) is -1.44. The van der Waals surface area contributed by atoms with E-state index in [1.54, 1.807) is 24.3 Å². The summed E-state index contributed by atoms with van der Waals surface area (Å²) in [6.45, 7) is 5.72. The third-order valence-corrected chi connectivity index (χ3v) is 9.21. The molecule has 44 heavy (non-hydrogen) atoms. The molecule has 4 aromatic rings. The van der Waals surface area contributed by atoms with Gasteiger partial charge < -0.3 is 10.2 Å². The molecule has 7 nitrogen and oxygen atoms in total. The molecular formula is C35H38FN3O4S. The average Bonchev–Trinajstić information content (AvgIpc) is 3.02. The van der Waals surface area contributed by atoms with E-state index in [-0.39, 0.29) is 29.5 Å². The second-order valence-electron chi connectivity index (χ2n) is 10.7. The lowest BCUT2D eigenvalue weighted by molar-refractivity contribution is -0.140. The van der Waals surface area contributed by atoms with Crippen molar-refractivity contribution in [2.24, 2.45) is 0 Å². The first-order valence-electron chi connectivity index (χ1n) is 14.6. The molecule has 0 saturated heterocycles. The average molecular weight is 616 g/mol. The third kappa shape index (κ3) is 8.11. The van der Waals surface area contributed by atoms with Crippen LogP contribution in [0, 0.1) is 19.7 Å². The lowest BCUT2D eigenvalue weighted by Crippen LogP contribution is -2.53. The van der Waals surface area contributed by atoms with Crippen molar-refractivity contribution in [3.05, 3.63) is 131 Å². The number of amides is 2. The van der Waals surface area contributed by atoms with Gasteiger partial charge >= 0.3 is 0 Å². The molecule has 9 heteroatoms. The predicted molar refractivity (Wildman–Crippen MR) is 171 cm³/mol. The molecule has 0 aromatic heterocycles. The van der Waals surface area contributed by atoms with Gasteiger partial charge in [-0.25, -0.2) is 12.8 Å². The molecule has 0 spiro atoms. The van der Waals surface area contributed by atoms with Crippen molar-refractivity contribution in [1.29, 1.82) is 0 Å². The van der Waals surface area contributed by atoms with Crippen molar-refractivity contribution >= 4 is 27.5 Å². The first kappa shape index (κ1) is 32.4. The van der Waals surface area contributed by atoms with Crippen molar-refractivity contribution in [3.63, 3.8) is 0 Å². The Bertz CT molecular complexity index is 1660. The van der Waals surface area contributed by atoms with Gasteiger partial charge in [0.2, 0.25) is 11.8 Å². The number of benzene rings is 4. The van der Waals surface area contributed by atoms with Gasteiger partial charge in [-0.05, 0) is 73.4 Å². The molecule has 0 radical (unpaired) electrons. The number of hydrogen-bond donors (Lipinski definition) is 1. The van der Waals surface area contributed by atoms with Crippen molar-refractivity contribution in [2.75, 3.05) is 17.4 Å². The summed E-state index contributed by atoms with van der Waals surface area (Å²) in [5.41, 5.74) is 3.83. The molecule has 0 heterocycles. The fourth-order valence-electron chi connectivity index (χ4n) is 4.86. The number of rotatable bonds is 13. The van der Waals surface area contributed by atoms with E-state index < -0.39 is 34.3 Å². The topological polar surface area (TPSA) is 86.8 Å². The van der Waals surface area contributed by atoms with Crippen LogP contribution in [0.4, 0.5) is 10.1 Å². The highest BCUT2D eigenvalue weighted by Gasteiger charge is 2.34. The fraction of sp³-hybridized carbons (Fsp3) is 0.257. The summed E-state index contributed by atoms with van der Waals surface area (Å²) in [4.78, 5) is 29.5. The van der Waals surface area contributed by atoms with E-state index in [1.165, 1.54) is 17.0 Å². The summed E-state index contributed by atoms with van der Waals surface area (Å²) >= 11 is 0. The van der Waals surface area contributed by atoms with Gasteiger partial charge in [-0.15, -0.1) is 0 Å². The van der Waals surface area contributed by atoms with Crippen LogP contribution in [0.1, 0.15) is 35.6 Å². The van der Waals surface area contributed by atoms with Gasteiger partial charge in [0.25, 0.3) is 10.0 Å². The molecule has 0 aliphatic rings. The van der Waals surface area contributed by atoms with Crippen LogP contribution in [-0.2, 0) is 32.6 Å². The Morgan fingerprint density at radius 2 is 1.48 bits per heavy atom. The molecular weight excluding hydrogens is 577 g/mol. The maximum Gasteiger partial charge on any atom is 0.264 e. The van der Waals surface area contributed by atoms with E-state index in [0.717, 1.165) is 38.7 Å². The minimum Gasteiger partial charge on any atom is -0.354 e. The number of anilines is 1. The second kappa shape index (κ2) is 14.8. The van der Waals surface area contributed by atoms with Gasteiger partial charge in [-0.3, -0.25) is 13.9 Å². The number of halogens is 1. The zero-order valence-electron chi connectivity index (χ0n) is 25.2. The van der Waals surface area contributed by atoms with E-state index in [0.29, 0.717) is 13.0 Å². The zero-order chi connectivity index (χ0) is 31.7. The van der Waals surface area contributed by atoms with E-state index in [2.05, 4.69) is 5.32 Å². The van der Waals surface area contributed by atoms with E-state index >= 15 is 0 Å². The molecule has 4 aromatic carbocycles. The molecule has 2 amide bonds. The Labute approximate surface area is 259 Å². The molecule has 1 N–H and O–H groups in total. The van der Waals surface area contributed by atoms with Gasteiger partial charge in [0.15, 0.2) is 0 Å². The van der Waals surface area contributed by atoms with Crippen LogP contribution in [0.15, 0.2) is 108 Å². The summed E-state index contributed by atoms with van der Waals surface area (Å²) in [7, 11) is -4.29. The first-order valence-corrected chi connectivity index (χ1v) is 16.0. The monoisotopic (exact) mass is 615 g/mol. The Hall–Kier alpha value is -4.50. The molecule has 4 rings (SSSR count). The SMILES string of the molecule is CCCNC(=O)[C@@H](Cc1ccccc1)N(Cc1ccccc1C)C(=O)CN(c1ccc(C)cc1)S(=O)(=O)c1ccc(F)cc1. The van der Waals surface area contributed by atoms with E-state index in [9.17, 15) is 22.4 Å². The normalized spacial score (nSPS) is 11.9. The number of aryl methyl sites for hydroxylation is 2. The second-order valence-corrected chi connectivity index (χ2v) is 12.6. The smallest absolute Gasteiger partial charge is 0.264 e. The quantitative estimate of drug-likeness (QED) is 0.206.